The second kappa shape index (κ2) is 11.4. The average molecular weight is 626 g/mol. The highest BCUT2D eigenvalue weighted by molar-refractivity contribution is 6.35. The normalized spacial score (nSPS) is 20.5. The van der Waals surface area contributed by atoms with Crippen molar-refractivity contribution in [3.05, 3.63) is 64.1 Å². The van der Waals surface area contributed by atoms with Gasteiger partial charge < -0.3 is 14.5 Å². The van der Waals surface area contributed by atoms with Gasteiger partial charge in [0.15, 0.2) is 5.75 Å². The highest BCUT2D eigenvalue weighted by Crippen LogP contribution is 2.47. The molecule has 0 aliphatic carbocycles. The van der Waals surface area contributed by atoms with Gasteiger partial charge in [-0.1, -0.05) is 18.2 Å². The van der Waals surface area contributed by atoms with Gasteiger partial charge in [-0.05, 0) is 45.2 Å². The first-order valence-electron chi connectivity index (χ1n) is 13.5. The van der Waals surface area contributed by atoms with Gasteiger partial charge in [0.25, 0.3) is 0 Å². The van der Waals surface area contributed by atoms with Crippen LogP contribution in [0, 0.1) is 11.6 Å². The molecule has 1 unspecified atom stereocenters. The van der Waals surface area contributed by atoms with Crippen LogP contribution in [-0.2, 0) is 4.79 Å². The Hall–Kier alpha value is -3.71. The monoisotopic (exact) mass is 625 g/mol. The van der Waals surface area contributed by atoms with E-state index in [0.29, 0.717) is 24.5 Å². The highest BCUT2D eigenvalue weighted by Gasteiger charge is 2.37. The summed E-state index contributed by atoms with van der Waals surface area (Å²) >= 11 is 6.73. The van der Waals surface area contributed by atoms with E-state index in [-0.39, 0.29) is 64.4 Å². The number of carbonyl (C=O) groups excluding carboxylic acids is 1. The lowest BCUT2D eigenvalue weighted by Crippen LogP contribution is -2.58. The SMILES string of the molecule is C=CC(=O)N1C[C@H](C)N(c2nc(=O)n3c4c(c(-c5ccc(F)cc5F)c(Cl)cc24)OCC3CN(C)CC(F)(F)F)C[C@H]1C. The molecule has 0 saturated carbocycles. The van der Waals surface area contributed by atoms with Gasteiger partial charge in [-0.3, -0.25) is 14.3 Å². The third-order valence-corrected chi connectivity index (χ3v) is 8.07. The minimum Gasteiger partial charge on any atom is -0.488 e. The molecular weight excluding hydrogens is 597 g/mol. The molecule has 1 fully saturated rings. The Balaban J connectivity index is 1.72. The van der Waals surface area contributed by atoms with Crippen molar-refractivity contribution >= 4 is 34.2 Å². The van der Waals surface area contributed by atoms with Crippen molar-refractivity contribution < 1.29 is 31.5 Å². The maximum atomic E-state index is 15.0. The molecule has 8 nitrogen and oxygen atoms in total. The molecule has 0 bridgehead atoms. The highest BCUT2D eigenvalue weighted by atomic mass is 35.5. The minimum absolute atomic E-state index is 0.0321. The maximum absolute atomic E-state index is 15.0. The molecule has 43 heavy (non-hydrogen) atoms. The van der Waals surface area contributed by atoms with Gasteiger partial charge in [-0.25, -0.2) is 13.6 Å². The number of likely N-dealkylation sites (N-methyl/N-ethyl adjacent to an activating group) is 1. The summed E-state index contributed by atoms with van der Waals surface area (Å²) in [5.74, 6) is -1.69. The number of rotatable bonds is 6. The number of aromatic nitrogens is 2. The Bertz CT molecular complexity index is 1660. The van der Waals surface area contributed by atoms with Crippen LogP contribution >= 0.6 is 11.6 Å². The van der Waals surface area contributed by atoms with Gasteiger partial charge in [0.2, 0.25) is 5.91 Å². The molecular formula is C29H29ClF5N5O3. The summed E-state index contributed by atoms with van der Waals surface area (Å²) in [5.41, 5.74) is -0.567. The molecule has 3 atom stereocenters. The maximum Gasteiger partial charge on any atom is 0.401 e. The van der Waals surface area contributed by atoms with Gasteiger partial charge in [-0.2, -0.15) is 18.2 Å². The number of benzene rings is 2. The number of amides is 1. The number of carbonyl (C=O) groups is 1. The number of hydrogen-bond donors (Lipinski definition) is 0. The molecule has 2 aromatic carbocycles. The van der Waals surface area contributed by atoms with Gasteiger partial charge in [0.05, 0.1) is 23.1 Å². The van der Waals surface area contributed by atoms with Gasteiger partial charge in [0.1, 0.15) is 24.1 Å². The Morgan fingerprint density at radius 2 is 1.93 bits per heavy atom. The fraction of sp³-hybridized carbons (Fsp3) is 0.414. The molecule has 2 aliphatic heterocycles. The Morgan fingerprint density at radius 1 is 1.21 bits per heavy atom. The molecule has 5 rings (SSSR count). The van der Waals surface area contributed by atoms with E-state index in [9.17, 15) is 27.2 Å². The molecule has 3 aromatic rings. The zero-order valence-electron chi connectivity index (χ0n) is 23.6. The summed E-state index contributed by atoms with van der Waals surface area (Å²) in [5, 5.41) is 0.395. The summed E-state index contributed by atoms with van der Waals surface area (Å²) in [6.45, 7) is 6.22. The van der Waals surface area contributed by atoms with Crippen LogP contribution in [0.15, 0.2) is 41.7 Å². The zero-order chi connectivity index (χ0) is 31.4. The zero-order valence-corrected chi connectivity index (χ0v) is 24.3. The smallest absolute Gasteiger partial charge is 0.401 e. The molecule has 1 aromatic heterocycles. The van der Waals surface area contributed by atoms with Crippen molar-refractivity contribution in [2.75, 3.05) is 44.7 Å². The third kappa shape index (κ3) is 5.79. The first-order chi connectivity index (χ1) is 20.2. The lowest BCUT2D eigenvalue weighted by atomic mass is 9.99. The number of halogens is 6. The van der Waals surface area contributed by atoms with E-state index in [1.165, 1.54) is 29.8 Å². The quantitative estimate of drug-likeness (QED) is 0.283. The molecule has 0 radical (unpaired) electrons. The second-order valence-electron chi connectivity index (χ2n) is 11.0. The molecule has 0 N–H and O–H groups in total. The van der Waals surface area contributed by atoms with Crippen LogP contribution < -0.4 is 15.3 Å². The number of hydrogen-bond acceptors (Lipinski definition) is 6. The molecule has 3 heterocycles. The van der Waals surface area contributed by atoms with E-state index >= 15 is 4.39 Å². The number of ether oxygens (including phenoxy) is 1. The van der Waals surface area contributed by atoms with Crippen LogP contribution in [0.25, 0.3) is 22.0 Å². The third-order valence-electron chi connectivity index (χ3n) is 7.77. The number of piperazine rings is 1. The first kappa shape index (κ1) is 30.7. The van der Waals surface area contributed by atoms with Crippen molar-refractivity contribution in [1.82, 2.24) is 19.4 Å². The van der Waals surface area contributed by atoms with Crippen molar-refractivity contribution in [3.63, 3.8) is 0 Å². The van der Waals surface area contributed by atoms with Crippen LogP contribution in [0.3, 0.4) is 0 Å². The number of alkyl halides is 3. The van der Waals surface area contributed by atoms with E-state index in [1.807, 2.05) is 18.7 Å². The summed E-state index contributed by atoms with van der Waals surface area (Å²) in [6.07, 6.45) is -3.23. The van der Waals surface area contributed by atoms with E-state index in [2.05, 4.69) is 11.6 Å². The second-order valence-corrected chi connectivity index (χ2v) is 11.4. The standard InChI is InChI=1S/C29H29ClF5N5O3/c1-5-23(41)38-10-16(3)39(11-15(38)2)27-20-9-21(30)24(19-7-6-17(31)8-22(19)32)26-25(20)40(28(42)36-27)18(13-43-26)12-37(4)14-29(33,34)35/h5-9,15-16,18H,1,10-14H2,2-4H3/t15-,16+,18?/m1/s1. The van der Waals surface area contributed by atoms with E-state index in [4.69, 9.17) is 16.3 Å². The van der Waals surface area contributed by atoms with Gasteiger partial charge in [0, 0.05) is 54.3 Å². The Morgan fingerprint density at radius 3 is 2.58 bits per heavy atom. The van der Waals surface area contributed by atoms with Crippen molar-refractivity contribution in [3.8, 4) is 16.9 Å². The van der Waals surface area contributed by atoms with Crippen LogP contribution in [0.5, 0.6) is 5.75 Å². The summed E-state index contributed by atoms with van der Waals surface area (Å²) in [7, 11) is 1.28. The van der Waals surface area contributed by atoms with Crippen molar-refractivity contribution in [1.29, 1.82) is 0 Å². The first-order valence-corrected chi connectivity index (χ1v) is 13.9. The van der Waals surface area contributed by atoms with Crippen LogP contribution in [0.2, 0.25) is 5.02 Å². The summed E-state index contributed by atoms with van der Waals surface area (Å²) in [4.78, 5) is 35.1. The number of anilines is 1. The van der Waals surface area contributed by atoms with E-state index in [0.717, 1.165) is 11.0 Å². The summed E-state index contributed by atoms with van der Waals surface area (Å²) < 4.78 is 75.5. The molecule has 1 amide bonds. The van der Waals surface area contributed by atoms with E-state index < -0.39 is 36.1 Å². The molecule has 0 spiro atoms. The van der Waals surface area contributed by atoms with Gasteiger partial charge in [-0.15, -0.1) is 0 Å². The van der Waals surface area contributed by atoms with Crippen LogP contribution in [-0.4, -0.2) is 83.4 Å². The average Bonchev–Trinajstić information content (AvgIpc) is 2.91. The molecule has 230 valence electrons. The van der Waals surface area contributed by atoms with Gasteiger partial charge >= 0.3 is 11.9 Å². The fourth-order valence-corrected chi connectivity index (χ4v) is 6.23. The van der Waals surface area contributed by atoms with Crippen molar-refractivity contribution in [2.45, 2.75) is 38.1 Å². The molecule has 1 saturated heterocycles. The predicted molar refractivity (Wildman–Crippen MR) is 153 cm³/mol. The summed E-state index contributed by atoms with van der Waals surface area (Å²) in [6, 6.07) is 2.99. The van der Waals surface area contributed by atoms with Crippen LogP contribution in [0.1, 0.15) is 19.9 Å². The fourth-order valence-electron chi connectivity index (χ4n) is 5.93. The largest absolute Gasteiger partial charge is 0.488 e. The topological polar surface area (TPSA) is 70.9 Å². The predicted octanol–water partition coefficient (Wildman–Crippen LogP) is 5.03. The molecule has 2 aliphatic rings. The van der Waals surface area contributed by atoms with Crippen LogP contribution in [0.4, 0.5) is 27.8 Å². The minimum atomic E-state index is -4.46. The number of nitrogens with zero attached hydrogens (tertiary/aromatic N) is 5. The van der Waals surface area contributed by atoms with Crippen molar-refractivity contribution in [2.24, 2.45) is 0 Å². The Kier molecular flexibility index (Phi) is 8.16. The Labute approximate surface area is 248 Å². The van der Waals surface area contributed by atoms with E-state index in [1.54, 1.807) is 4.90 Å². The molecule has 14 heteroatoms. The lowest BCUT2D eigenvalue weighted by Gasteiger charge is -2.45. The lowest BCUT2D eigenvalue weighted by molar-refractivity contribution is -0.144.